The Hall–Kier alpha value is 0. The SMILES string of the molecule is CC.CC.CC.CC(C)CCCCCCC1CCCC1C. The molecule has 132 valence electrons. The van der Waals surface area contributed by atoms with Gasteiger partial charge in [-0.05, 0) is 17.8 Å². The topological polar surface area (TPSA) is 0 Å². The summed E-state index contributed by atoms with van der Waals surface area (Å²) in [7, 11) is 0. The summed E-state index contributed by atoms with van der Waals surface area (Å²) in [5.74, 6) is 3.01. The Morgan fingerprint density at radius 3 is 1.71 bits per heavy atom. The first-order valence-electron chi connectivity index (χ1n) is 10.2. The van der Waals surface area contributed by atoms with Crippen molar-refractivity contribution in [1.82, 2.24) is 0 Å². The van der Waals surface area contributed by atoms with Crippen molar-refractivity contribution in [3.63, 3.8) is 0 Å². The van der Waals surface area contributed by atoms with E-state index in [0.717, 1.165) is 17.8 Å². The minimum absolute atomic E-state index is 0.903. The summed E-state index contributed by atoms with van der Waals surface area (Å²) in [5.41, 5.74) is 0. The summed E-state index contributed by atoms with van der Waals surface area (Å²) in [6, 6.07) is 0. The van der Waals surface area contributed by atoms with E-state index < -0.39 is 0 Å². The first-order valence-corrected chi connectivity index (χ1v) is 10.2. The van der Waals surface area contributed by atoms with Gasteiger partial charge in [0.1, 0.15) is 0 Å². The lowest BCUT2D eigenvalue weighted by Crippen LogP contribution is -2.03. The van der Waals surface area contributed by atoms with Gasteiger partial charge >= 0.3 is 0 Å². The van der Waals surface area contributed by atoms with Gasteiger partial charge in [-0.3, -0.25) is 0 Å². The molecule has 1 aliphatic carbocycles. The van der Waals surface area contributed by atoms with E-state index in [1.54, 1.807) is 0 Å². The summed E-state index contributed by atoms with van der Waals surface area (Å²) in [5, 5.41) is 0. The molecule has 0 amide bonds. The molecule has 0 spiro atoms. The molecule has 0 aromatic rings. The number of hydrogen-bond donors (Lipinski definition) is 0. The molecule has 0 nitrogen and oxygen atoms in total. The van der Waals surface area contributed by atoms with Gasteiger partial charge in [0.25, 0.3) is 0 Å². The van der Waals surface area contributed by atoms with Gasteiger partial charge in [-0.2, -0.15) is 0 Å². The lowest BCUT2D eigenvalue weighted by molar-refractivity contribution is 0.372. The van der Waals surface area contributed by atoms with Crippen LogP contribution >= 0.6 is 0 Å². The Balaban J connectivity index is -0.000000478. The first kappa shape index (κ1) is 25.9. The molecule has 0 heterocycles. The lowest BCUT2D eigenvalue weighted by Gasteiger charge is -2.14. The maximum atomic E-state index is 2.45. The Morgan fingerprint density at radius 2 is 1.29 bits per heavy atom. The van der Waals surface area contributed by atoms with Crippen LogP contribution in [-0.2, 0) is 0 Å². The third-order valence-electron chi connectivity index (χ3n) is 4.15. The van der Waals surface area contributed by atoms with Crippen molar-refractivity contribution in [2.75, 3.05) is 0 Å². The molecule has 1 rings (SSSR count). The highest BCUT2D eigenvalue weighted by Gasteiger charge is 2.22. The molecule has 1 fully saturated rings. The van der Waals surface area contributed by atoms with Crippen LogP contribution < -0.4 is 0 Å². The van der Waals surface area contributed by atoms with Crippen LogP contribution in [0.15, 0.2) is 0 Å². The third-order valence-corrected chi connectivity index (χ3v) is 4.15. The van der Waals surface area contributed by atoms with Crippen LogP contribution in [0, 0.1) is 17.8 Å². The molecule has 0 N–H and O–H groups in total. The summed E-state index contributed by atoms with van der Waals surface area (Å²) >= 11 is 0. The predicted octanol–water partition coefficient (Wildman–Crippen LogP) is 8.50. The number of hydrogen-bond acceptors (Lipinski definition) is 0. The normalized spacial score (nSPS) is 19.7. The minimum Gasteiger partial charge on any atom is -0.0683 e. The summed E-state index contributed by atoms with van der Waals surface area (Å²) in [4.78, 5) is 0. The molecule has 0 bridgehead atoms. The van der Waals surface area contributed by atoms with Gasteiger partial charge in [0, 0.05) is 0 Å². The second kappa shape index (κ2) is 22.3. The van der Waals surface area contributed by atoms with Crippen molar-refractivity contribution in [2.24, 2.45) is 17.8 Å². The zero-order chi connectivity index (χ0) is 17.1. The first-order chi connectivity index (χ1) is 10.2. The quantitative estimate of drug-likeness (QED) is 0.413. The van der Waals surface area contributed by atoms with Crippen LogP contribution in [0.4, 0.5) is 0 Å². The second-order valence-electron chi connectivity index (χ2n) is 6.05. The third kappa shape index (κ3) is 18.0. The van der Waals surface area contributed by atoms with Crippen LogP contribution in [0.5, 0.6) is 0 Å². The maximum absolute atomic E-state index is 2.45. The van der Waals surface area contributed by atoms with Crippen molar-refractivity contribution in [2.45, 2.75) is 120 Å². The highest BCUT2D eigenvalue weighted by molar-refractivity contribution is 4.73. The van der Waals surface area contributed by atoms with Crippen LogP contribution in [0.2, 0.25) is 0 Å². The van der Waals surface area contributed by atoms with Crippen molar-refractivity contribution >= 4 is 0 Å². The van der Waals surface area contributed by atoms with E-state index in [1.807, 2.05) is 41.5 Å². The van der Waals surface area contributed by atoms with Gasteiger partial charge in [-0.1, -0.05) is 120 Å². The fourth-order valence-corrected chi connectivity index (χ4v) is 2.96. The van der Waals surface area contributed by atoms with Crippen molar-refractivity contribution in [1.29, 1.82) is 0 Å². The van der Waals surface area contributed by atoms with Crippen molar-refractivity contribution in [3.05, 3.63) is 0 Å². The molecule has 0 aromatic carbocycles. The summed E-state index contributed by atoms with van der Waals surface area (Å²) in [6.07, 6.45) is 13.4. The minimum atomic E-state index is 0.903. The van der Waals surface area contributed by atoms with E-state index in [0.29, 0.717) is 0 Å². The number of unbranched alkanes of at least 4 members (excludes halogenated alkanes) is 3. The standard InChI is InChI=1S/C15H30.3C2H6/c1-13(2)9-6-4-5-7-11-15-12-8-10-14(15)3;3*1-2/h13-15H,4-12H2,1-3H3;3*1-2H3. The van der Waals surface area contributed by atoms with Gasteiger partial charge in [-0.25, -0.2) is 0 Å². The van der Waals surface area contributed by atoms with Gasteiger partial charge in [0.15, 0.2) is 0 Å². The summed E-state index contributed by atoms with van der Waals surface area (Å²) < 4.78 is 0. The van der Waals surface area contributed by atoms with Crippen LogP contribution in [0.1, 0.15) is 120 Å². The highest BCUT2D eigenvalue weighted by Crippen LogP contribution is 2.34. The van der Waals surface area contributed by atoms with E-state index in [9.17, 15) is 0 Å². The lowest BCUT2D eigenvalue weighted by atomic mass is 9.92. The van der Waals surface area contributed by atoms with Crippen LogP contribution in [0.3, 0.4) is 0 Å². The van der Waals surface area contributed by atoms with Gasteiger partial charge < -0.3 is 0 Å². The summed E-state index contributed by atoms with van der Waals surface area (Å²) in [6.45, 7) is 19.1. The number of rotatable bonds is 7. The van der Waals surface area contributed by atoms with Crippen LogP contribution in [0.25, 0.3) is 0 Å². The van der Waals surface area contributed by atoms with Gasteiger partial charge in [0.05, 0.1) is 0 Å². The fraction of sp³-hybridized carbons (Fsp3) is 1.00. The average Bonchev–Trinajstić information content (AvgIpc) is 2.94. The van der Waals surface area contributed by atoms with Crippen molar-refractivity contribution in [3.8, 4) is 0 Å². The molecule has 2 atom stereocenters. The fourth-order valence-electron chi connectivity index (χ4n) is 2.96. The molecule has 1 aliphatic rings. The molecule has 0 aliphatic heterocycles. The van der Waals surface area contributed by atoms with E-state index in [1.165, 1.54) is 57.8 Å². The maximum Gasteiger partial charge on any atom is -0.0388 e. The predicted molar refractivity (Wildman–Crippen MR) is 103 cm³/mol. The molecule has 0 heteroatoms. The molecule has 21 heavy (non-hydrogen) atoms. The van der Waals surface area contributed by atoms with E-state index in [4.69, 9.17) is 0 Å². The van der Waals surface area contributed by atoms with Gasteiger partial charge in [0.2, 0.25) is 0 Å². The van der Waals surface area contributed by atoms with Gasteiger partial charge in [-0.15, -0.1) is 0 Å². The molecular weight excluding hydrogens is 252 g/mol. The Morgan fingerprint density at radius 1 is 0.762 bits per heavy atom. The zero-order valence-electron chi connectivity index (χ0n) is 17.1. The molecule has 0 aromatic heterocycles. The highest BCUT2D eigenvalue weighted by atomic mass is 14.3. The smallest absolute Gasteiger partial charge is 0.0388 e. The zero-order valence-corrected chi connectivity index (χ0v) is 17.1. The molecule has 1 saturated carbocycles. The largest absolute Gasteiger partial charge is 0.0683 e. The average molecular weight is 301 g/mol. The molecule has 2 unspecified atom stereocenters. The Labute approximate surface area is 138 Å². The van der Waals surface area contributed by atoms with E-state index in [-0.39, 0.29) is 0 Å². The molecule has 0 radical (unpaired) electrons. The Kier molecular flexibility index (Phi) is 27.5. The van der Waals surface area contributed by atoms with E-state index >= 15 is 0 Å². The second-order valence-corrected chi connectivity index (χ2v) is 6.05. The van der Waals surface area contributed by atoms with Crippen LogP contribution in [-0.4, -0.2) is 0 Å². The Bertz CT molecular complexity index is 148. The van der Waals surface area contributed by atoms with Crippen molar-refractivity contribution < 1.29 is 0 Å². The molecular formula is C21H48. The monoisotopic (exact) mass is 300 g/mol. The van der Waals surface area contributed by atoms with E-state index in [2.05, 4.69) is 20.8 Å². The molecule has 0 saturated heterocycles.